The summed E-state index contributed by atoms with van der Waals surface area (Å²) in [5, 5.41) is 0.0718. The molecule has 2 aromatic rings. The smallest absolute Gasteiger partial charge is 0.258 e. The largest absolute Gasteiger partial charge is 0.277 e. The molecule has 0 spiro atoms. The first-order valence-corrected chi connectivity index (χ1v) is 12.7. The van der Waals surface area contributed by atoms with Crippen molar-refractivity contribution in [2.45, 2.75) is 45.3 Å². The average Bonchev–Trinajstić information content (AvgIpc) is 2.68. The molecule has 30 heavy (non-hydrogen) atoms. The lowest BCUT2D eigenvalue weighted by molar-refractivity contribution is -0.119. The quantitative estimate of drug-likeness (QED) is 0.385. The van der Waals surface area contributed by atoms with Crippen LogP contribution in [0, 0.1) is 34.6 Å². The zero-order valence-corrected chi connectivity index (χ0v) is 21.1. The number of nitrogens with one attached hydrogen (secondary N) is 2. The molecule has 0 aliphatic heterocycles. The predicted molar refractivity (Wildman–Crippen MR) is 126 cm³/mol. The van der Waals surface area contributed by atoms with Crippen molar-refractivity contribution in [3.8, 4) is 0 Å². The third-order valence-corrected chi connectivity index (χ3v) is 8.62. The van der Waals surface area contributed by atoms with Crippen molar-refractivity contribution >= 4 is 62.5 Å². The highest BCUT2D eigenvalue weighted by Gasteiger charge is 2.21. The number of thioether (sulfide) groups is 1. The van der Waals surface area contributed by atoms with Gasteiger partial charge in [0.25, 0.3) is 10.0 Å². The number of sulfonamides is 1. The van der Waals surface area contributed by atoms with Gasteiger partial charge in [-0.1, -0.05) is 34.8 Å². The highest BCUT2D eigenvalue weighted by Crippen LogP contribution is 2.31. The zero-order chi connectivity index (χ0) is 22.8. The van der Waals surface area contributed by atoms with E-state index in [-0.39, 0.29) is 25.7 Å². The number of benzene rings is 2. The molecule has 0 saturated carbocycles. The molecule has 0 radical (unpaired) electrons. The minimum absolute atomic E-state index is 0.0396. The second kappa shape index (κ2) is 10.1. The molecule has 10 heteroatoms. The van der Waals surface area contributed by atoms with Crippen molar-refractivity contribution in [3.05, 3.63) is 60.6 Å². The summed E-state index contributed by atoms with van der Waals surface area (Å²) in [5.41, 5.74) is 9.64. The van der Waals surface area contributed by atoms with Crippen LogP contribution >= 0.6 is 46.6 Å². The highest BCUT2D eigenvalue weighted by atomic mass is 35.5. The minimum atomic E-state index is -4.10. The van der Waals surface area contributed by atoms with Crippen LogP contribution in [0.1, 0.15) is 33.4 Å². The molecule has 0 aliphatic carbocycles. The minimum Gasteiger partial charge on any atom is -0.277 e. The average molecular weight is 510 g/mol. The maximum absolute atomic E-state index is 12.4. The third-order valence-electron chi connectivity index (χ3n) is 5.22. The Morgan fingerprint density at radius 2 is 1.37 bits per heavy atom. The molecule has 2 N–H and O–H groups in total. The number of amides is 1. The Morgan fingerprint density at radius 1 is 0.867 bits per heavy atom. The van der Waals surface area contributed by atoms with Gasteiger partial charge in [0.05, 0.1) is 20.8 Å². The number of carbonyl (C=O) groups excluding carboxylic acids is 1. The summed E-state index contributed by atoms with van der Waals surface area (Å²) in [6.45, 7) is 10.5. The Morgan fingerprint density at radius 3 is 1.93 bits per heavy atom. The van der Waals surface area contributed by atoms with Gasteiger partial charge in [0.15, 0.2) is 0 Å². The Hall–Kier alpha value is -0.960. The molecule has 0 saturated heterocycles. The van der Waals surface area contributed by atoms with Crippen LogP contribution in [-0.2, 0) is 20.6 Å². The lowest BCUT2D eigenvalue weighted by Crippen LogP contribution is -2.42. The van der Waals surface area contributed by atoms with Crippen LogP contribution in [0.25, 0.3) is 0 Å². The van der Waals surface area contributed by atoms with Gasteiger partial charge in [-0.25, -0.2) is 8.42 Å². The van der Waals surface area contributed by atoms with Crippen molar-refractivity contribution < 1.29 is 13.2 Å². The van der Waals surface area contributed by atoms with E-state index in [0.717, 1.165) is 6.07 Å². The Bertz CT molecular complexity index is 1070. The van der Waals surface area contributed by atoms with Crippen molar-refractivity contribution in [1.82, 2.24) is 10.3 Å². The Balaban J connectivity index is 1.99. The molecule has 2 aromatic carbocycles. The molecule has 0 fully saturated rings. The summed E-state index contributed by atoms with van der Waals surface area (Å²) >= 11 is 19.0. The van der Waals surface area contributed by atoms with Gasteiger partial charge in [0, 0.05) is 5.75 Å². The number of hydrogen-bond acceptors (Lipinski definition) is 4. The van der Waals surface area contributed by atoms with E-state index >= 15 is 0 Å². The van der Waals surface area contributed by atoms with Gasteiger partial charge in [0.1, 0.15) is 4.90 Å². The fourth-order valence-electron chi connectivity index (χ4n) is 2.97. The molecule has 0 bridgehead atoms. The monoisotopic (exact) mass is 508 g/mol. The second-order valence-corrected chi connectivity index (χ2v) is 10.8. The summed E-state index contributed by atoms with van der Waals surface area (Å²) in [7, 11) is -4.10. The summed E-state index contributed by atoms with van der Waals surface area (Å²) in [4.78, 5) is 13.9. The summed E-state index contributed by atoms with van der Waals surface area (Å²) in [6, 6.07) is 2.36. The van der Waals surface area contributed by atoms with E-state index in [1.807, 2.05) is 4.83 Å². The molecular formula is C20H23Cl3N2O3S2. The van der Waals surface area contributed by atoms with E-state index in [1.54, 1.807) is 0 Å². The van der Waals surface area contributed by atoms with Gasteiger partial charge in [0.2, 0.25) is 5.91 Å². The van der Waals surface area contributed by atoms with Crippen LogP contribution in [-0.4, -0.2) is 20.1 Å². The van der Waals surface area contributed by atoms with Crippen LogP contribution in [0.4, 0.5) is 0 Å². The molecule has 1 amide bonds. The molecule has 0 heterocycles. The molecule has 164 valence electrons. The van der Waals surface area contributed by atoms with Crippen molar-refractivity contribution in [2.75, 3.05) is 5.75 Å². The van der Waals surface area contributed by atoms with Crippen LogP contribution in [0.3, 0.4) is 0 Å². The summed E-state index contributed by atoms with van der Waals surface area (Å²) in [5.74, 6) is 0.261. The topological polar surface area (TPSA) is 75.3 Å². The lowest BCUT2D eigenvalue weighted by Gasteiger charge is -2.18. The number of carbonyl (C=O) groups is 1. The van der Waals surface area contributed by atoms with Crippen molar-refractivity contribution in [3.63, 3.8) is 0 Å². The van der Waals surface area contributed by atoms with E-state index in [0.29, 0.717) is 5.75 Å². The Labute approximate surface area is 196 Å². The van der Waals surface area contributed by atoms with Crippen molar-refractivity contribution in [1.29, 1.82) is 0 Å². The number of halogens is 3. The van der Waals surface area contributed by atoms with Crippen LogP contribution in [0.15, 0.2) is 17.0 Å². The molecule has 0 aliphatic rings. The van der Waals surface area contributed by atoms with E-state index in [2.05, 4.69) is 40.0 Å². The highest BCUT2D eigenvalue weighted by molar-refractivity contribution is 7.99. The van der Waals surface area contributed by atoms with Crippen LogP contribution in [0.2, 0.25) is 15.1 Å². The molecule has 0 atom stereocenters. The third kappa shape index (κ3) is 5.64. The molecule has 0 aromatic heterocycles. The first-order chi connectivity index (χ1) is 13.9. The van der Waals surface area contributed by atoms with Crippen LogP contribution < -0.4 is 10.3 Å². The molecule has 5 nitrogen and oxygen atoms in total. The Kier molecular flexibility index (Phi) is 8.52. The molecule has 2 rings (SSSR count). The van der Waals surface area contributed by atoms with E-state index in [4.69, 9.17) is 34.8 Å². The number of hydrazine groups is 1. The normalized spacial score (nSPS) is 11.6. The number of hydrogen-bond donors (Lipinski definition) is 2. The second-order valence-electron chi connectivity index (χ2n) is 6.95. The zero-order valence-electron chi connectivity index (χ0n) is 17.2. The van der Waals surface area contributed by atoms with Crippen molar-refractivity contribution in [2.24, 2.45) is 0 Å². The summed E-state index contributed by atoms with van der Waals surface area (Å²) in [6.07, 6.45) is 0. The van der Waals surface area contributed by atoms with Gasteiger partial charge >= 0.3 is 0 Å². The predicted octanol–water partition coefficient (Wildman–Crippen LogP) is 5.43. The lowest BCUT2D eigenvalue weighted by atomic mass is 9.90. The molecular weight excluding hydrogens is 487 g/mol. The van der Waals surface area contributed by atoms with Gasteiger partial charge in [-0.3, -0.25) is 10.2 Å². The van der Waals surface area contributed by atoms with Gasteiger partial charge in [-0.15, -0.1) is 16.6 Å². The SMILES string of the molecule is Cc1c(C)c(C)c(CSCC(=O)NNS(=O)(=O)c2cc(Cl)c(Cl)cc2Cl)c(C)c1C. The van der Waals surface area contributed by atoms with Gasteiger partial charge < -0.3 is 0 Å². The number of rotatable bonds is 7. The fraction of sp³-hybridized carbons (Fsp3) is 0.350. The van der Waals surface area contributed by atoms with E-state index in [1.165, 1.54) is 51.2 Å². The van der Waals surface area contributed by atoms with E-state index < -0.39 is 15.9 Å². The van der Waals surface area contributed by atoms with Gasteiger partial charge in [-0.2, -0.15) is 0 Å². The van der Waals surface area contributed by atoms with Crippen LogP contribution in [0.5, 0.6) is 0 Å². The standard InChI is InChI=1S/C20H23Cl3N2O3S2/c1-10-11(2)13(4)15(14(5)12(10)3)8-29-9-20(26)24-25-30(27,28)19-7-17(22)16(21)6-18(19)23/h6-7,25H,8-9H2,1-5H3,(H,24,26). The van der Waals surface area contributed by atoms with E-state index in [9.17, 15) is 13.2 Å². The maximum atomic E-state index is 12.4. The first-order valence-electron chi connectivity index (χ1n) is 8.95. The molecule has 0 unspecified atom stereocenters. The van der Waals surface area contributed by atoms with Gasteiger partial charge in [-0.05, 0) is 80.1 Å². The fourth-order valence-corrected chi connectivity index (χ4v) is 5.83. The first kappa shape index (κ1) is 25.3. The maximum Gasteiger partial charge on any atom is 0.258 e. The summed E-state index contributed by atoms with van der Waals surface area (Å²) < 4.78 is 24.8.